The summed E-state index contributed by atoms with van der Waals surface area (Å²) in [6, 6.07) is 2.67. The molecule has 1 aliphatic rings. The average Bonchev–Trinajstić information content (AvgIpc) is 3.17. The monoisotopic (exact) mass is 285 g/mol. The zero-order valence-corrected chi connectivity index (χ0v) is 10.9. The highest BCUT2D eigenvalue weighted by Crippen LogP contribution is 2.31. The van der Waals surface area contributed by atoms with Crippen LogP contribution in [-0.4, -0.2) is 30.8 Å². The maximum Gasteiger partial charge on any atom is 0.317 e. The molecule has 1 aromatic carbocycles. The molecule has 1 aromatic rings. The van der Waals surface area contributed by atoms with E-state index in [9.17, 15) is 18.7 Å². The maximum atomic E-state index is 13.3. The number of rotatable bonds is 7. The lowest BCUT2D eigenvalue weighted by Crippen LogP contribution is -2.47. The molecule has 0 aliphatic heterocycles. The molecular formula is C14H17F2NO3. The van der Waals surface area contributed by atoms with E-state index in [-0.39, 0.29) is 18.7 Å². The van der Waals surface area contributed by atoms with Crippen molar-refractivity contribution in [3.8, 4) is 0 Å². The van der Waals surface area contributed by atoms with E-state index in [1.165, 1.54) is 0 Å². The van der Waals surface area contributed by atoms with Crippen LogP contribution >= 0.6 is 0 Å². The molecule has 1 saturated carbocycles. The summed E-state index contributed by atoms with van der Waals surface area (Å²) >= 11 is 0. The molecule has 20 heavy (non-hydrogen) atoms. The third-order valence-corrected chi connectivity index (χ3v) is 3.57. The maximum absolute atomic E-state index is 13.3. The Morgan fingerprint density at radius 3 is 2.40 bits per heavy atom. The van der Waals surface area contributed by atoms with Crippen molar-refractivity contribution in [2.75, 3.05) is 19.8 Å². The van der Waals surface area contributed by atoms with Gasteiger partial charge in [-0.3, -0.25) is 4.79 Å². The van der Waals surface area contributed by atoms with E-state index in [2.05, 4.69) is 0 Å². The van der Waals surface area contributed by atoms with Crippen LogP contribution in [0.3, 0.4) is 0 Å². The molecule has 6 heteroatoms. The first-order chi connectivity index (χ1) is 9.48. The number of benzene rings is 1. The molecule has 1 atom stereocenters. The number of nitrogens with two attached hydrogens (primary N) is 1. The second-order valence-corrected chi connectivity index (χ2v) is 5.21. The van der Waals surface area contributed by atoms with Gasteiger partial charge >= 0.3 is 5.97 Å². The Morgan fingerprint density at radius 1 is 1.35 bits per heavy atom. The molecule has 0 bridgehead atoms. The minimum absolute atomic E-state index is 0.0132. The minimum atomic E-state index is -1.63. The van der Waals surface area contributed by atoms with Gasteiger partial charge in [0.2, 0.25) is 0 Å². The topological polar surface area (TPSA) is 72.5 Å². The summed E-state index contributed by atoms with van der Waals surface area (Å²) in [7, 11) is 0. The minimum Gasteiger partial charge on any atom is -0.480 e. The average molecular weight is 285 g/mol. The first kappa shape index (κ1) is 14.9. The van der Waals surface area contributed by atoms with E-state index in [1.807, 2.05) is 0 Å². The summed E-state index contributed by atoms with van der Waals surface area (Å²) in [4.78, 5) is 11.6. The lowest BCUT2D eigenvalue weighted by Gasteiger charge is -2.28. The molecule has 0 saturated heterocycles. The smallest absolute Gasteiger partial charge is 0.317 e. The van der Waals surface area contributed by atoms with Crippen LogP contribution in [0.2, 0.25) is 0 Å². The quantitative estimate of drug-likeness (QED) is 0.799. The Morgan fingerprint density at radius 2 is 1.95 bits per heavy atom. The molecule has 110 valence electrons. The lowest BCUT2D eigenvalue weighted by molar-refractivity contribution is -0.146. The third-order valence-electron chi connectivity index (χ3n) is 3.57. The van der Waals surface area contributed by atoms with Crippen LogP contribution in [0.4, 0.5) is 8.78 Å². The number of carbonyl (C=O) groups is 1. The standard InChI is InChI=1S/C14H17F2NO3/c15-11-3-10(4-12(16)5-11)14(7-17,13(18)19)8-20-6-9-1-2-9/h3-5,9H,1-2,6-8,17H2,(H,18,19). The van der Waals surface area contributed by atoms with Gasteiger partial charge in [-0.25, -0.2) is 8.78 Å². The number of hydrogen-bond acceptors (Lipinski definition) is 3. The molecule has 0 aromatic heterocycles. The van der Waals surface area contributed by atoms with Crippen molar-refractivity contribution in [1.82, 2.24) is 0 Å². The Balaban J connectivity index is 2.25. The predicted octanol–water partition coefficient (Wildman–Crippen LogP) is 1.67. The zero-order chi connectivity index (χ0) is 14.8. The second-order valence-electron chi connectivity index (χ2n) is 5.21. The normalized spacial score (nSPS) is 17.8. The van der Waals surface area contributed by atoms with Crippen LogP contribution in [0.5, 0.6) is 0 Å². The van der Waals surface area contributed by atoms with Gasteiger partial charge in [-0.15, -0.1) is 0 Å². The summed E-state index contributed by atoms with van der Waals surface area (Å²) in [6.07, 6.45) is 2.13. The van der Waals surface area contributed by atoms with E-state index in [4.69, 9.17) is 10.5 Å². The van der Waals surface area contributed by atoms with Crippen LogP contribution in [0.15, 0.2) is 18.2 Å². The van der Waals surface area contributed by atoms with E-state index < -0.39 is 23.0 Å². The van der Waals surface area contributed by atoms with Gasteiger partial charge in [0.05, 0.1) is 6.61 Å². The highest BCUT2D eigenvalue weighted by molar-refractivity contribution is 5.82. The Hall–Kier alpha value is -1.53. The number of carboxylic acids is 1. The Kier molecular flexibility index (Phi) is 4.35. The van der Waals surface area contributed by atoms with Gasteiger partial charge in [0.1, 0.15) is 17.0 Å². The number of carboxylic acid groups (broad SMARTS) is 1. The van der Waals surface area contributed by atoms with Crippen molar-refractivity contribution in [3.63, 3.8) is 0 Å². The van der Waals surface area contributed by atoms with Crippen molar-refractivity contribution in [1.29, 1.82) is 0 Å². The largest absolute Gasteiger partial charge is 0.480 e. The molecule has 1 fully saturated rings. The highest BCUT2D eigenvalue weighted by atomic mass is 19.1. The molecule has 1 aliphatic carbocycles. The summed E-state index contributed by atoms with van der Waals surface area (Å²) in [5.41, 5.74) is 3.93. The molecule has 2 rings (SSSR count). The van der Waals surface area contributed by atoms with Crippen LogP contribution < -0.4 is 5.73 Å². The first-order valence-electron chi connectivity index (χ1n) is 6.46. The van der Waals surface area contributed by atoms with Gasteiger partial charge in [-0.2, -0.15) is 0 Å². The fourth-order valence-corrected chi connectivity index (χ4v) is 2.05. The summed E-state index contributed by atoms with van der Waals surface area (Å²) < 4.78 is 32.0. The lowest BCUT2D eigenvalue weighted by atomic mass is 9.81. The Bertz CT molecular complexity index is 485. The predicted molar refractivity (Wildman–Crippen MR) is 68.3 cm³/mol. The van der Waals surface area contributed by atoms with Crippen LogP contribution in [0.25, 0.3) is 0 Å². The summed E-state index contributed by atoms with van der Waals surface area (Å²) in [5.74, 6) is -2.45. The fourth-order valence-electron chi connectivity index (χ4n) is 2.05. The SMILES string of the molecule is NCC(COCC1CC1)(C(=O)O)c1cc(F)cc(F)c1. The summed E-state index contributed by atoms with van der Waals surface area (Å²) in [6.45, 7) is -0.0407. The van der Waals surface area contributed by atoms with Crippen molar-refractivity contribution < 1.29 is 23.4 Å². The van der Waals surface area contributed by atoms with Gasteiger partial charge < -0.3 is 15.6 Å². The second kappa shape index (κ2) is 5.85. The number of halogens is 2. The van der Waals surface area contributed by atoms with Crippen LogP contribution in [0, 0.1) is 17.6 Å². The molecule has 0 amide bonds. The molecule has 0 spiro atoms. The molecule has 3 N–H and O–H groups in total. The molecule has 1 unspecified atom stereocenters. The Labute approximate surface area is 115 Å². The van der Waals surface area contributed by atoms with Crippen molar-refractivity contribution in [3.05, 3.63) is 35.4 Å². The van der Waals surface area contributed by atoms with Gasteiger partial charge in [-0.05, 0) is 36.5 Å². The summed E-state index contributed by atoms with van der Waals surface area (Å²) in [5, 5.41) is 9.43. The zero-order valence-electron chi connectivity index (χ0n) is 10.9. The van der Waals surface area contributed by atoms with Crippen LogP contribution in [0.1, 0.15) is 18.4 Å². The van der Waals surface area contributed by atoms with Crippen LogP contribution in [-0.2, 0) is 14.9 Å². The van der Waals surface area contributed by atoms with Gasteiger partial charge in [0.25, 0.3) is 0 Å². The van der Waals surface area contributed by atoms with E-state index >= 15 is 0 Å². The van der Waals surface area contributed by atoms with Crippen molar-refractivity contribution in [2.24, 2.45) is 11.7 Å². The fraction of sp³-hybridized carbons (Fsp3) is 0.500. The van der Waals surface area contributed by atoms with E-state index in [0.717, 1.165) is 25.0 Å². The number of aliphatic carboxylic acids is 1. The number of ether oxygens (including phenoxy) is 1. The van der Waals surface area contributed by atoms with Gasteiger partial charge in [0, 0.05) is 19.2 Å². The van der Waals surface area contributed by atoms with Crippen molar-refractivity contribution in [2.45, 2.75) is 18.3 Å². The molecule has 0 heterocycles. The first-order valence-corrected chi connectivity index (χ1v) is 6.46. The van der Waals surface area contributed by atoms with Gasteiger partial charge in [0.15, 0.2) is 0 Å². The van der Waals surface area contributed by atoms with E-state index in [0.29, 0.717) is 18.6 Å². The van der Waals surface area contributed by atoms with Gasteiger partial charge in [-0.1, -0.05) is 0 Å². The molecular weight excluding hydrogens is 268 g/mol. The molecule has 4 nitrogen and oxygen atoms in total. The third kappa shape index (κ3) is 3.13. The van der Waals surface area contributed by atoms with E-state index in [1.54, 1.807) is 0 Å². The number of hydrogen-bond donors (Lipinski definition) is 2. The van der Waals surface area contributed by atoms with Crippen molar-refractivity contribution >= 4 is 5.97 Å². The highest BCUT2D eigenvalue weighted by Gasteiger charge is 2.41. The molecule has 0 radical (unpaired) electrons.